The van der Waals surface area contributed by atoms with E-state index in [-0.39, 0.29) is 11.9 Å². The molecule has 26 heavy (non-hydrogen) atoms. The Morgan fingerprint density at radius 3 is 2.77 bits per heavy atom. The Morgan fingerprint density at radius 2 is 2.04 bits per heavy atom. The lowest BCUT2D eigenvalue weighted by molar-refractivity contribution is -0.134. The summed E-state index contributed by atoms with van der Waals surface area (Å²) < 4.78 is 5.12. The summed E-state index contributed by atoms with van der Waals surface area (Å²) in [4.78, 5) is 17.4. The van der Waals surface area contributed by atoms with Crippen LogP contribution in [-0.4, -0.2) is 47.2 Å². The number of methoxy groups -OCH3 is 1. The number of likely N-dealkylation sites (tertiary alicyclic amines) is 1. The van der Waals surface area contributed by atoms with Crippen molar-refractivity contribution in [3.8, 4) is 5.88 Å². The van der Waals surface area contributed by atoms with Crippen LogP contribution in [0.2, 0.25) is 0 Å². The molecule has 0 bridgehead atoms. The standard InChI is InChI=1S/C20H24N4O2/c1-14-6-5-11-23(13-14)20(25)17-12-15-7-3-4-8-16(15)24(17)18-9-10-19(26-2)22-21-18/h3-4,7-10,14,17H,5-6,11-13H2,1-2H3/t14-,17-/m0/s1. The van der Waals surface area contributed by atoms with Crippen molar-refractivity contribution in [2.24, 2.45) is 5.92 Å². The molecule has 1 saturated heterocycles. The molecule has 0 N–H and O–H groups in total. The van der Waals surface area contributed by atoms with E-state index in [1.807, 2.05) is 34.1 Å². The number of anilines is 2. The van der Waals surface area contributed by atoms with Gasteiger partial charge < -0.3 is 14.5 Å². The fourth-order valence-electron chi connectivity index (χ4n) is 4.02. The summed E-state index contributed by atoms with van der Waals surface area (Å²) in [6.07, 6.45) is 2.98. The number of carbonyl (C=O) groups excluding carboxylic acids is 1. The Bertz CT molecular complexity index is 793. The van der Waals surface area contributed by atoms with Crippen molar-refractivity contribution in [1.29, 1.82) is 0 Å². The van der Waals surface area contributed by atoms with Crippen LogP contribution >= 0.6 is 0 Å². The van der Waals surface area contributed by atoms with Crippen LogP contribution in [0.4, 0.5) is 11.5 Å². The highest BCUT2D eigenvalue weighted by molar-refractivity contribution is 5.91. The van der Waals surface area contributed by atoms with Gasteiger partial charge in [-0.2, -0.15) is 0 Å². The number of nitrogens with zero attached hydrogens (tertiary/aromatic N) is 4. The monoisotopic (exact) mass is 352 g/mol. The molecule has 0 radical (unpaired) electrons. The minimum atomic E-state index is -0.264. The van der Waals surface area contributed by atoms with E-state index in [1.165, 1.54) is 12.0 Å². The first-order valence-corrected chi connectivity index (χ1v) is 9.21. The highest BCUT2D eigenvalue weighted by Gasteiger charge is 2.39. The molecule has 3 heterocycles. The topological polar surface area (TPSA) is 58.6 Å². The maximum Gasteiger partial charge on any atom is 0.246 e. The summed E-state index contributed by atoms with van der Waals surface area (Å²) in [7, 11) is 1.57. The number of ether oxygens (including phenoxy) is 1. The molecule has 0 aliphatic carbocycles. The summed E-state index contributed by atoms with van der Waals surface area (Å²) in [5.74, 6) is 1.89. The lowest BCUT2D eigenvalue weighted by Gasteiger charge is -2.35. The molecule has 6 heteroatoms. The van der Waals surface area contributed by atoms with Gasteiger partial charge in [0, 0.05) is 31.3 Å². The van der Waals surface area contributed by atoms with Crippen molar-refractivity contribution < 1.29 is 9.53 Å². The Morgan fingerprint density at radius 1 is 1.19 bits per heavy atom. The molecule has 1 amide bonds. The second-order valence-electron chi connectivity index (χ2n) is 7.18. The summed E-state index contributed by atoms with van der Waals surface area (Å²) in [6.45, 7) is 3.90. The lowest BCUT2D eigenvalue weighted by atomic mass is 9.99. The molecule has 136 valence electrons. The fraction of sp³-hybridized carbons (Fsp3) is 0.450. The highest BCUT2D eigenvalue weighted by atomic mass is 16.5. The minimum Gasteiger partial charge on any atom is -0.480 e. The first-order chi connectivity index (χ1) is 12.7. The van der Waals surface area contributed by atoms with E-state index in [1.54, 1.807) is 13.2 Å². The summed E-state index contributed by atoms with van der Waals surface area (Å²) in [5.41, 5.74) is 2.21. The molecule has 1 aromatic heterocycles. The normalized spacial score (nSPS) is 22.2. The van der Waals surface area contributed by atoms with Gasteiger partial charge in [-0.25, -0.2) is 0 Å². The van der Waals surface area contributed by atoms with E-state index in [4.69, 9.17) is 4.74 Å². The molecule has 0 spiro atoms. The SMILES string of the molecule is COc1ccc(N2c3ccccc3C[C@H]2C(=O)N2CCC[C@H](C)C2)nn1. The van der Waals surface area contributed by atoms with Crippen molar-refractivity contribution in [3.63, 3.8) is 0 Å². The third-order valence-corrected chi connectivity index (χ3v) is 5.31. The number of fused-ring (bicyclic) bond motifs is 1. The molecular weight excluding hydrogens is 328 g/mol. The fourth-order valence-corrected chi connectivity index (χ4v) is 4.02. The Labute approximate surface area is 153 Å². The molecule has 1 fully saturated rings. The Hall–Kier alpha value is -2.63. The van der Waals surface area contributed by atoms with Crippen molar-refractivity contribution >= 4 is 17.4 Å². The first kappa shape index (κ1) is 16.8. The molecule has 2 aliphatic rings. The van der Waals surface area contributed by atoms with Crippen LogP contribution < -0.4 is 9.64 Å². The number of hydrogen-bond acceptors (Lipinski definition) is 5. The van der Waals surface area contributed by atoms with Crippen LogP contribution in [0.15, 0.2) is 36.4 Å². The van der Waals surface area contributed by atoms with Crippen LogP contribution in [0.3, 0.4) is 0 Å². The second-order valence-corrected chi connectivity index (χ2v) is 7.18. The number of aromatic nitrogens is 2. The van der Waals surface area contributed by atoms with Gasteiger partial charge in [0.1, 0.15) is 6.04 Å². The maximum absolute atomic E-state index is 13.3. The van der Waals surface area contributed by atoms with Gasteiger partial charge in [0.25, 0.3) is 0 Å². The van der Waals surface area contributed by atoms with Gasteiger partial charge >= 0.3 is 0 Å². The molecular formula is C20H24N4O2. The van der Waals surface area contributed by atoms with E-state index in [9.17, 15) is 4.79 Å². The second kappa shape index (κ2) is 6.94. The predicted octanol–water partition coefficient (Wildman–Crippen LogP) is 2.81. The lowest BCUT2D eigenvalue weighted by Crippen LogP contribution is -2.49. The average Bonchev–Trinajstić information content (AvgIpc) is 3.07. The van der Waals surface area contributed by atoms with E-state index < -0.39 is 0 Å². The summed E-state index contributed by atoms with van der Waals surface area (Å²) in [6, 6.07) is 11.5. The Balaban J connectivity index is 1.67. The number of carbonyl (C=O) groups is 1. The number of amides is 1. The van der Waals surface area contributed by atoms with E-state index in [0.717, 1.165) is 25.2 Å². The third kappa shape index (κ3) is 3.00. The number of rotatable bonds is 3. The average molecular weight is 352 g/mol. The molecule has 4 rings (SSSR count). The van der Waals surface area contributed by atoms with Crippen LogP contribution in [-0.2, 0) is 11.2 Å². The predicted molar refractivity (Wildman–Crippen MR) is 99.6 cm³/mol. The van der Waals surface area contributed by atoms with Gasteiger partial charge in [0.2, 0.25) is 11.8 Å². The number of hydrogen-bond donors (Lipinski definition) is 0. The van der Waals surface area contributed by atoms with Crippen molar-refractivity contribution in [2.75, 3.05) is 25.1 Å². The molecule has 0 unspecified atom stereocenters. The maximum atomic E-state index is 13.3. The molecule has 2 aromatic rings. The zero-order chi connectivity index (χ0) is 18.1. The molecule has 2 aliphatic heterocycles. The number of piperidine rings is 1. The quantitative estimate of drug-likeness (QED) is 0.850. The van der Waals surface area contributed by atoms with Crippen LogP contribution in [0.5, 0.6) is 5.88 Å². The number of benzene rings is 1. The zero-order valence-electron chi connectivity index (χ0n) is 15.3. The van der Waals surface area contributed by atoms with E-state index in [0.29, 0.717) is 24.0 Å². The van der Waals surface area contributed by atoms with Gasteiger partial charge in [-0.3, -0.25) is 4.79 Å². The largest absolute Gasteiger partial charge is 0.480 e. The zero-order valence-corrected chi connectivity index (χ0v) is 15.3. The summed E-state index contributed by atoms with van der Waals surface area (Å²) in [5, 5.41) is 8.40. The summed E-state index contributed by atoms with van der Waals surface area (Å²) >= 11 is 0. The van der Waals surface area contributed by atoms with E-state index >= 15 is 0 Å². The van der Waals surface area contributed by atoms with Crippen LogP contribution in [0.25, 0.3) is 0 Å². The number of para-hydroxylation sites is 1. The molecule has 0 saturated carbocycles. The van der Waals surface area contributed by atoms with Gasteiger partial charge in [0.15, 0.2) is 5.82 Å². The van der Waals surface area contributed by atoms with Crippen molar-refractivity contribution in [1.82, 2.24) is 15.1 Å². The van der Waals surface area contributed by atoms with E-state index in [2.05, 4.69) is 23.2 Å². The van der Waals surface area contributed by atoms with Gasteiger partial charge in [-0.1, -0.05) is 25.1 Å². The van der Waals surface area contributed by atoms with Crippen LogP contribution in [0.1, 0.15) is 25.3 Å². The molecule has 6 nitrogen and oxygen atoms in total. The van der Waals surface area contributed by atoms with Gasteiger partial charge in [0.05, 0.1) is 7.11 Å². The van der Waals surface area contributed by atoms with Crippen molar-refractivity contribution in [3.05, 3.63) is 42.0 Å². The minimum absolute atomic E-state index is 0.186. The first-order valence-electron chi connectivity index (χ1n) is 9.21. The van der Waals surface area contributed by atoms with Gasteiger partial charge in [-0.05, 0) is 36.5 Å². The molecule has 1 aromatic carbocycles. The smallest absolute Gasteiger partial charge is 0.246 e. The third-order valence-electron chi connectivity index (χ3n) is 5.31. The van der Waals surface area contributed by atoms with Gasteiger partial charge in [-0.15, -0.1) is 10.2 Å². The molecule has 2 atom stereocenters. The van der Waals surface area contributed by atoms with Crippen LogP contribution in [0, 0.1) is 5.92 Å². The Kier molecular flexibility index (Phi) is 4.49. The highest BCUT2D eigenvalue weighted by Crippen LogP contribution is 2.38. The van der Waals surface area contributed by atoms with Crippen molar-refractivity contribution in [2.45, 2.75) is 32.2 Å².